The minimum absolute atomic E-state index is 0.00285. The Morgan fingerprint density at radius 3 is 2.58 bits per heavy atom. The number of ether oxygens (including phenoxy) is 1. The average Bonchev–Trinajstić information content (AvgIpc) is 3.17. The number of halogens is 2. The number of pyridine rings is 1. The highest BCUT2D eigenvalue weighted by Gasteiger charge is 2.18. The largest absolute Gasteiger partial charge is 0.491 e. The van der Waals surface area contributed by atoms with Gasteiger partial charge in [0, 0.05) is 17.5 Å². The van der Waals surface area contributed by atoms with Crippen LogP contribution in [-0.4, -0.2) is 34.1 Å². The fraction of sp³-hybridized carbons (Fsp3) is 0.130. The van der Waals surface area contributed by atoms with E-state index in [-0.39, 0.29) is 22.7 Å². The van der Waals surface area contributed by atoms with E-state index in [1.54, 1.807) is 30.3 Å². The van der Waals surface area contributed by atoms with Gasteiger partial charge in [0.15, 0.2) is 0 Å². The van der Waals surface area contributed by atoms with Gasteiger partial charge in [-0.05, 0) is 42.5 Å². The number of rotatable bonds is 7. The van der Waals surface area contributed by atoms with E-state index in [4.69, 9.17) is 9.84 Å². The lowest BCUT2D eigenvalue weighted by Crippen LogP contribution is -2.21. The molecular weight excluding hydrogens is 452 g/mol. The van der Waals surface area contributed by atoms with Crippen molar-refractivity contribution < 1.29 is 23.7 Å². The van der Waals surface area contributed by atoms with Gasteiger partial charge in [-0.15, -0.1) is 11.3 Å². The summed E-state index contributed by atoms with van der Waals surface area (Å²) in [6, 6.07) is 14.5. The third kappa shape index (κ3) is 4.56. The fourth-order valence-corrected chi connectivity index (χ4v) is 4.26. The zero-order valence-electron chi connectivity index (χ0n) is 17.0. The lowest BCUT2D eigenvalue weighted by Gasteiger charge is -2.12. The molecule has 168 valence electrons. The highest BCUT2D eigenvalue weighted by molar-refractivity contribution is 7.20. The summed E-state index contributed by atoms with van der Waals surface area (Å²) in [5, 5.41) is 31.3. The molecule has 0 aliphatic carbocycles. The molecule has 0 aliphatic heterocycles. The first-order chi connectivity index (χ1) is 15.9. The molecular formula is C23H17F2N3O4S. The highest BCUT2D eigenvalue weighted by atomic mass is 32.1. The number of fused-ring (bicyclic) bond motifs is 1. The number of aliphatic hydroxyl groups is 2. The van der Waals surface area contributed by atoms with Crippen LogP contribution in [0.4, 0.5) is 20.2 Å². The molecule has 0 saturated heterocycles. The van der Waals surface area contributed by atoms with E-state index in [1.165, 1.54) is 16.7 Å². The molecule has 33 heavy (non-hydrogen) atoms. The second kappa shape index (κ2) is 9.38. The molecule has 4 aromatic rings. The molecule has 0 radical (unpaired) electrons. The zero-order valence-corrected chi connectivity index (χ0v) is 17.8. The standard InChI is InChI=1S/C23H17F2N3O4S/c24-13-1-7-19(18(25)9-13)27-22-17-6-8-21(31)28(23(17)33-20(22)10-26)14-2-4-16(5-3-14)32-12-15(30)11-29/h1-9,15,27,29-30H,11-12H2/t15-/m1/s1. The second-order valence-corrected chi connectivity index (χ2v) is 8.03. The fourth-order valence-electron chi connectivity index (χ4n) is 3.19. The number of nitriles is 1. The summed E-state index contributed by atoms with van der Waals surface area (Å²) in [7, 11) is 0. The summed E-state index contributed by atoms with van der Waals surface area (Å²) in [4.78, 5) is 13.4. The van der Waals surface area contributed by atoms with Crippen molar-refractivity contribution in [3.05, 3.63) is 81.5 Å². The van der Waals surface area contributed by atoms with Crippen molar-refractivity contribution in [1.82, 2.24) is 4.57 Å². The second-order valence-electron chi connectivity index (χ2n) is 7.03. The van der Waals surface area contributed by atoms with E-state index in [0.717, 1.165) is 23.5 Å². The van der Waals surface area contributed by atoms with Crippen molar-refractivity contribution in [2.45, 2.75) is 6.10 Å². The molecule has 4 rings (SSSR count). The van der Waals surface area contributed by atoms with Gasteiger partial charge in [0.05, 0.1) is 23.7 Å². The number of anilines is 2. The molecule has 7 nitrogen and oxygen atoms in total. The van der Waals surface area contributed by atoms with Gasteiger partial charge in [0.25, 0.3) is 5.56 Å². The summed E-state index contributed by atoms with van der Waals surface area (Å²) < 4.78 is 34.2. The lowest BCUT2D eigenvalue weighted by atomic mass is 10.2. The maximum atomic E-state index is 14.2. The molecule has 0 aliphatic rings. The van der Waals surface area contributed by atoms with Crippen LogP contribution in [0.5, 0.6) is 5.75 Å². The number of nitrogens with zero attached hydrogens (tertiary/aromatic N) is 2. The first-order valence-electron chi connectivity index (χ1n) is 9.74. The van der Waals surface area contributed by atoms with E-state index in [9.17, 15) is 23.9 Å². The summed E-state index contributed by atoms with van der Waals surface area (Å²) in [5.74, 6) is -1.10. The van der Waals surface area contributed by atoms with Gasteiger partial charge in [0.2, 0.25) is 0 Å². The number of aliphatic hydroxyl groups excluding tert-OH is 2. The molecule has 0 amide bonds. The minimum atomic E-state index is -1.01. The highest BCUT2D eigenvalue weighted by Crippen LogP contribution is 2.38. The first-order valence-corrected chi connectivity index (χ1v) is 10.6. The lowest BCUT2D eigenvalue weighted by molar-refractivity contribution is 0.0536. The smallest absolute Gasteiger partial charge is 0.256 e. The van der Waals surface area contributed by atoms with Crippen molar-refractivity contribution in [2.24, 2.45) is 0 Å². The van der Waals surface area contributed by atoms with Gasteiger partial charge in [0.1, 0.15) is 45.9 Å². The van der Waals surface area contributed by atoms with Crippen LogP contribution in [0.25, 0.3) is 15.9 Å². The zero-order chi connectivity index (χ0) is 23.5. The molecule has 2 heterocycles. The van der Waals surface area contributed by atoms with E-state index in [0.29, 0.717) is 27.3 Å². The average molecular weight is 469 g/mol. The van der Waals surface area contributed by atoms with Crippen LogP contribution in [0, 0.1) is 23.0 Å². The van der Waals surface area contributed by atoms with E-state index in [2.05, 4.69) is 11.4 Å². The van der Waals surface area contributed by atoms with Crippen molar-refractivity contribution in [2.75, 3.05) is 18.5 Å². The number of hydrogen-bond donors (Lipinski definition) is 3. The molecule has 0 saturated carbocycles. The van der Waals surface area contributed by atoms with Gasteiger partial charge in [-0.2, -0.15) is 5.26 Å². The number of hydrogen-bond acceptors (Lipinski definition) is 7. The Balaban J connectivity index is 1.75. The maximum Gasteiger partial charge on any atom is 0.256 e. The van der Waals surface area contributed by atoms with Crippen LogP contribution in [0.15, 0.2) is 59.4 Å². The van der Waals surface area contributed by atoms with E-state index < -0.39 is 24.3 Å². The number of nitrogens with one attached hydrogen (secondary N) is 1. The molecule has 3 N–H and O–H groups in total. The summed E-state index contributed by atoms with van der Waals surface area (Å²) >= 11 is 1.06. The van der Waals surface area contributed by atoms with Crippen LogP contribution in [0.3, 0.4) is 0 Å². The Hall–Kier alpha value is -3.78. The number of benzene rings is 2. The SMILES string of the molecule is N#Cc1sc2c(ccc(=O)n2-c2ccc(OC[C@H](O)CO)cc2)c1Nc1ccc(F)cc1F. The maximum absolute atomic E-state index is 14.2. The molecule has 2 aromatic carbocycles. The van der Waals surface area contributed by atoms with Crippen molar-refractivity contribution in [1.29, 1.82) is 5.26 Å². The Morgan fingerprint density at radius 1 is 1.15 bits per heavy atom. The van der Waals surface area contributed by atoms with Crippen molar-refractivity contribution >= 4 is 32.9 Å². The number of aromatic nitrogens is 1. The topological polar surface area (TPSA) is 108 Å². The monoisotopic (exact) mass is 469 g/mol. The van der Waals surface area contributed by atoms with Crippen LogP contribution >= 0.6 is 11.3 Å². The molecule has 0 fully saturated rings. The van der Waals surface area contributed by atoms with Crippen LogP contribution in [0.1, 0.15) is 4.88 Å². The van der Waals surface area contributed by atoms with Crippen LogP contribution in [0.2, 0.25) is 0 Å². The predicted octanol–water partition coefficient (Wildman–Crippen LogP) is 3.68. The summed E-state index contributed by atoms with van der Waals surface area (Å²) in [5.41, 5.74) is 0.481. The summed E-state index contributed by atoms with van der Waals surface area (Å²) in [6.07, 6.45) is -1.01. The van der Waals surface area contributed by atoms with E-state index >= 15 is 0 Å². The Labute approximate surface area is 190 Å². The predicted molar refractivity (Wildman–Crippen MR) is 120 cm³/mol. The van der Waals surface area contributed by atoms with Gasteiger partial charge < -0.3 is 20.3 Å². The van der Waals surface area contributed by atoms with Gasteiger partial charge in [-0.3, -0.25) is 9.36 Å². The van der Waals surface area contributed by atoms with Gasteiger partial charge in [-0.25, -0.2) is 8.78 Å². The molecule has 0 unspecified atom stereocenters. The quantitative estimate of drug-likeness (QED) is 0.381. The molecule has 2 aromatic heterocycles. The third-order valence-corrected chi connectivity index (χ3v) is 5.88. The Kier molecular flexibility index (Phi) is 6.37. The van der Waals surface area contributed by atoms with Crippen LogP contribution < -0.4 is 15.6 Å². The third-order valence-electron chi connectivity index (χ3n) is 4.78. The van der Waals surface area contributed by atoms with Crippen molar-refractivity contribution in [3.63, 3.8) is 0 Å². The minimum Gasteiger partial charge on any atom is -0.491 e. The van der Waals surface area contributed by atoms with Crippen LogP contribution in [-0.2, 0) is 0 Å². The molecule has 0 spiro atoms. The van der Waals surface area contributed by atoms with Gasteiger partial charge in [-0.1, -0.05) is 0 Å². The summed E-state index contributed by atoms with van der Waals surface area (Å²) in [6.45, 7) is -0.510. The Morgan fingerprint density at radius 2 is 1.91 bits per heavy atom. The van der Waals surface area contributed by atoms with E-state index in [1.807, 2.05) is 0 Å². The molecule has 1 atom stereocenters. The first kappa shape index (κ1) is 22.4. The normalized spacial score (nSPS) is 11.8. The van der Waals surface area contributed by atoms with Crippen molar-refractivity contribution in [3.8, 4) is 17.5 Å². The Bertz CT molecular complexity index is 1410. The number of thiophene rings is 1. The molecule has 0 bridgehead atoms. The van der Waals surface area contributed by atoms with Gasteiger partial charge >= 0.3 is 0 Å². The molecule has 10 heteroatoms.